The second-order valence-electron chi connectivity index (χ2n) is 10.5. The van der Waals surface area contributed by atoms with E-state index in [1.165, 1.54) is 11.3 Å². The van der Waals surface area contributed by atoms with Crippen LogP contribution in [0, 0.1) is 5.92 Å². The highest BCUT2D eigenvalue weighted by atomic mass is 35.5. The van der Waals surface area contributed by atoms with Gasteiger partial charge in [-0.2, -0.15) is 0 Å². The molecule has 2 heterocycles. The Balaban J connectivity index is 2.01. The summed E-state index contributed by atoms with van der Waals surface area (Å²) >= 11 is 7.38. The summed E-state index contributed by atoms with van der Waals surface area (Å²) in [6.45, 7) is 7.87. The lowest BCUT2D eigenvalue weighted by Gasteiger charge is -2.24. The van der Waals surface area contributed by atoms with E-state index in [2.05, 4.69) is 5.32 Å². The molecular formula is C32H35ClN4O4S. The summed E-state index contributed by atoms with van der Waals surface area (Å²) in [6.07, 6.45) is 1.82. The molecule has 0 radical (unpaired) electrons. The van der Waals surface area contributed by atoms with Crippen LogP contribution in [0.15, 0.2) is 58.7 Å². The summed E-state index contributed by atoms with van der Waals surface area (Å²) in [7, 11) is 0. The number of carbonyl (C=O) groups is 2. The van der Waals surface area contributed by atoms with Crippen molar-refractivity contribution in [1.82, 2.24) is 14.9 Å². The van der Waals surface area contributed by atoms with Gasteiger partial charge in [0.05, 0.1) is 22.5 Å². The van der Waals surface area contributed by atoms with Crippen LogP contribution in [-0.2, 0) is 24.1 Å². The molecule has 4 rings (SSSR count). The van der Waals surface area contributed by atoms with Gasteiger partial charge in [0.2, 0.25) is 0 Å². The van der Waals surface area contributed by atoms with Gasteiger partial charge in [0.1, 0.15) is 11.0 Å². The average molecular weight is 607 g/mol. The zero-order valence-corrected chi connectivity index (χ0v) is 25.7. The van der Waals surface area contributed by atoms with Crippen LogP contribution in [-0.4, -0.2) is 39.1 Å². The van der Waals surface area contributed by atoms with Crippen molar-refractivity contribution in [2.24, 2.45) is 11.7 Å². The molecule has 1 atom stereocenters. The van der Waals surface area contributed by atoms with Crippen LogP contribution in [0.25, 0.3) is 27.5 Å². The van der Waals surface area contributed by atoms with Crippen molar-refractivity contribution in [3.63, 3.8) is 0 Å². The average Bonchev–Trinajstić information content (AvgIpc) is 3.45. The van der Waals surface area contributed by atoms with Gasteiger partial charge in [-0.25, -0.2) is 4.98 Å². The number of carbonyl (C=O) groups excluding carboxylic acids is 1. The molecule has 0 bridgehead atoms. The minimum absolute atomic E-state index is 0.115. The number of hydrogen-bond acceptors (Lipinski definition) is 6. The molecule has 8 nitrogen and oxygen atoms in total. The molecule has 10 heteroatoms. The molecule has 0 spiro atoms. The molecule has 1 unspecified atom stereocenters. The third-order valence-corrected chi connectivity index (χ3v) is 8.14. The van der Waals surface area contributed by atoms with Crippen molar-refractivity contribution in [2.75, 3.05) is 6.54 Å². The monoisotopic (exact) mass is 606 g/mol. The predicted molar refractivity (Wildman–Crippen MR) is 169 cm³/mol. The SMILES string of the molecule is CCc1cccc(CC)c1-n1c(CC(C)C)c(C(=O)NCC(N)C(=O)O)cc(-c2nc(-c3ccc(Cl)cc3)cs2)c1=O. The number of aromatic nitrogens is 2. The first-order chi connectivity index (χ1) is 20.0. The second-order valence-corrected chi connectivity index (χ2v) is 11.8. The number of nitrogens with one attached hydrogen (secondary N) is 1. The number of amides is 1. The lowest BCUT2D eigenvalue weighted by molar-refractivity contribution is -0.138. The molecule has 2 aromatic heterocycles. The highest BCUT2D eigenvalue weighted by Crippen LogP contribution is 2.31. The Bertz CT molecular complexity index is 1640. The number of halogens is 1. The number of rotatable bonds is 11. The van der Waals surface area contributed by atoms with Crippen molar-refractivity contribution in [2.45, 2.75) is 53.0 Å². The number of para-hydroxylation sites is 1. The second kappa shape index (κ2) is 13.5. The predicted octanol–water partition coefficient (Wildman–Crippen LogP) is 5.75. The van der Waals surface area contributed by atoms with Crippen LogP contribution < -0.4 is 16.6 Å². The minimum Gasteiger partial charge on any atom is -0.480 e. The number of aliphatic carboxylic acids is 1. The smallest absolute Gasteiger partial charge is 0.322 e. The maximum Gasteiger partial charge on any atom is 0.322 e. The van der Waals surface area contributed by atoms with E-state index in [9.17, 15) is 19.5 Å². The van der Waals surface area contributed by atoms with Crippen LogP contribution in [0.2, 0.25) is 5.02 Å². The maximum atomic E-state index is 14.5. The highest BCUT2D eigenvalue weighted by molar-refractivity contribution is 7.13. The number of benzene rings is 2. The fourth-order valence-electron chi connectivity index (χ4n) is 4.87. The molecule has 4 aromatic rings. The Labute approximate surface area is 254 Å². The van der Waals surface area contributed by atoms with Crippen molar-refractivity contribution in [3.05, 3.63) is 91.7 Å². The summed E-state index contributed by atoms with van der Waals surface area (Å²) in [5.74, 6) is -1.60. The summed E-state index contributed by atoms with van der Waals surface area (Å²) in [5, 5.41) is 14.9. The molecule has 0 fully saturated rings. The summed E-state index contributed by atoms with van der Waals surface area (Å²) in [4.78, 5) is 44.3. The molecule has 0 saturated heterocycles. The largest absolute Gasteiger partial charge is 0.480 e. The number of carboxylic acid groups (broad SMARTS) is 1. The van der Waals surface area contributed by atoms with E-state index in [0.29, 0.717) is 40.7 Å². The van der Waals surface area contributed by atoms with Crippen molar-refractivity contribution in [3.8, 4) is 27.5 Å². The zero-order valence-electron chi connectivity index (χ0n) is 24.1. The molecule has 0 aliphatic heterocycles. The van der Waals surface area contributed by atoms with E-state index in [1.54, 1.807) is 22.8 Å². The molecule has 0 aliphatic carbocycles. The first-order valence-corrected chi connectivity index (χ1v) is 15.2. The number of nitrogens with two attached hydrogens (primary N) is 1. The molecule has 42 heavy (non-hydrogen) atoms. The molecule has 4 N–H and O–H groups in total. The van der Waals surface area contributed by atoms with Crippen molar-refractivity contribution < 1.29 is 14.7 Å². The van der Waals surface area contributed by atoms with E-state index in [-0.39, 0.29) is 29.1 Å². The lowest BCUT2D eigenvalue weighted by Crippen LogP contribution is -2.43. The van der Waals surface area contributed by atoms with Gasteiger partial charge >= 0.3 is 5.97 Å². The standard InChI is InChI=1S/C32H35ClN4O4S/c1-5-19-8-7-9-20(6-2)28(19)37-27(14-18(3)4)23(29(38)35-16-25(34)32(40)41)15-24(31(37)39)30-36-26(17-42-30)21-10-12-22(33)13-11-21/h7-13,15,17-18,25H,5-6,14,16,34H2,1-4H3,(H,35,38)(H,40,41). The molecular weight excluding hydrogens is 572 g/mol. The van der Waals surface area contributed by atoms with Crippen LogP contribution in [0.1, 0.15) is 54.9 Å². The van der Waals surface area contributed by atoms with Gasteiger partial charge in [-0.05, 0) is 54.5 Å². The van der Waals surface area contributed by atoms with E-state index in [4.69, 9.17) is 22.3 Å². The number of pyridine rings is 1. The lowest BCUT2D eigenvalue weighted by atomic mass is 9.97. The fourth-order valence-corrected chi connectivity index (χ4v) is 5.83. The molecule has 0 saturated carbocycles. The first-order valence-electron chi connectivity index (χ1n) is 13.9. The third kappa shape index (κ3) is 6.64. The topological polar surface area (TPSA) is 127 Å². The van der Waals surface area contributed by atoms with Gasteiger partial charge in [-0.1, -0.05) is 69.6 Å². The Morgan fingerprint density at radius 3 is 2.31 bits per heavy atom. The van der Waals surface area contributed by atoms with Crippen molar-refractivity contribution >= 4 is 34.8 Å². The van der Waals surface area contributed by atoms with Crippen LogP contribution in [0.4, 0.5) is 0 Å². The minimum atomic E-state index is -1.26. The number of aryl methyl sites for hydroxylation is 2. The van der Waals surface area contributed by atoms with Gasteiger partial charge in [-0.3, -0.25) is 19.0 Å². The van der Waals surface area contributed by atoms with Gasteiger partial charge in [0.25, 0.3) is 11.5 Å². The van der Waals surface area contributed by atoms with E-state index in [1.807, 2.05) is 63.4 Å². The Hall–Kier alpha value is -3.79. The Morgan fingerprint density at radius 2 is 1.74 bits per heavy atom. The summed E-state index contributed by atoms with van der Waals surface area (Å²) in [5.41, 5.74) is 10.8. The summed E-state index contributed by atoms with van der Waals surface area (Å²) < 4.78 is 1.68. The maximum absolute atomic E-state index is 14.5. The van der Waals surface area contributed by atoms with Crippen LogP contribution in [0.5, 0.6) is 0 Å². The number of nitrogens with zero attached hydrogens (tertiary/aromatic N) is 2. The van der Waals surface area contributed by atoms with E-state index >= 15 is 0 Å². The van der Waals surface area contributed by atoms with Gasteiger partial charge < -0.3 is 16.2 Å². The Kier molecular flexibility index (Phi) is 9.98. The van der Waals surface area contributed by atoms with Crippen molar-refractivity contribution in [1.29, 1.82) is 0 Å². The number of hydrogen-bond donors (Lipinski definition) is 3. The zero-order chi connectivity index (χ0) is 30.6. The van der Waals surface area contributed by atoms with Crippen LogP contribution in [0.3, 0.4) is 0 Å². The van der Waals surface area contributed by atoms with E-state index in [0.717, 1.165) is 22.4 Å². The quantitative estimate of drug-likeness (QED) is 0.200. The Morgan fingerprint density at radius 1 is 1.10 bits per heavy atom. The van der Waals surface area contributed by atoms with E-state index < -0.39 is 17.9 Å². The number of carboxylic acids is 1. The highest BCUT2D eigenvalue weighted by Gasteiger charge is 2.26. The molecule has 0 aliphatic rings. The number of thiazole rings is 1. The molecule has 1 amide bonds. The molecule has 220 valence electrons. The van der Waals surface area contributed by atoms with Gasteiger partial charge in [-0.15, -0.1) is 11.3 Å². The van der Waals surface area contributed by atoms with Crippen LogP contribution >= 0.6 is 22.9 Å². The van der Waals surface area contributed by atoms with Gasteiger partial charge in [0, 0.05) is 28.2 Å². The summed E-state index contributed by atoms with van der Waals surface area (Å²) in [6, 6.07) is 13.6. The molecule has 2 aromatic carbocycles. The normalized spacial score (nSPS) is 12.0. The van der Waals surface area contributed by atoms with Gasteiger partial charge in [0.15, 0.2) is 0 Å². The third-order valence-electron chi connectivity index (χ3n) is 7.01. The fraction of sp³-hybridized carbons (Fsp3) is 0.312. The first kappa shape index (κ1) is 31.2.